The Morgan fingerprint density at radius 2 is 1.80 bits per heavy atom. The van der Waals surface area contributed by atoms with E-state index in [1.54, 1.807) is 12.1 Å². The standard InChI is InChI=1S/C38H52FN3.C2H6/c1-8-12-22-37(6,32-26-29(5)15-18-34(32)41-24-10-3)23-13-14-30(28-40)16-20-36-38(7,21-9-2)33-27-31(39)17-19-35(33)42(36)25-11-4;1-2/h13-20,26-27,41H,8-12,21-25H2,1-7H3;1-2H3/p+1/b14-13+,30-16-,36-20+;. The van der Waals surface area contributed by atoms with Crippen molar-refractivity contribution in [2.24, 2.45) is 0 Å². The number of nitrogens with two attached hydrogens (primary N) is 1. The predicted molar refractivity (Wildman–Crippen MR) is 188 cm³/mol. The smallest absolute Gasteiger partial charge is 0.133 e. The maximum atomic E-state index is 14.4. The molecule has 44 heavy (non-hydrogen) atoms. The number of allylic oxidation sites excluding steroid dienone is 6. The van der Waals surface area contributed by atoms with Crippen LogP contribution in [0.2, 0.25) is 0 Å². The predicted octanol–water partition coefficient (Wildman–Crippen LogP) is 10.5. The van der Waals surface area contributed by atoms with Gasteiger partial charge in [0.25, 0.3) is 0 Å². The van der Waals surface area contributed by atoms with E-state index in [0.717, 1.165) is 75.0 Å². The summed E-state index contributed by atoms with van der Waals surface area (Å²) in [6.45, 7) is 21.6. The Balaban J connectivity index is 0.00000330. The summed E-state index contributed by atoms with van der Waals surface area (Å²) in [4.78, 5) is 2.33. The average Bonchev–Trinajstić information content (AvgIpc) is 3.24. The van der Waals surface area contributed by atoms with E-state index in [2.05, 4.69) is 95.1 Å². The molecule has 2 atom stereocenters. The van der Waals surface area contributed by atoms with Gasteiger partial charge in [0.2, 0.25) is 0 Å². The summed E-state index contributed by atoms with van der Waals surface area (Å²) in [5, 5.41) is 12.5. The lowest BCUT2D eigenvalue weighted by molar-refractivity contribution is -0.572. The van der Waals surface area contributed by atoms with Gasteiger partial charge in [-0.25, -0.2) is 4.39 Å². The second-order valence-electron chi connectivity index (χ2n) is 12.5. The third kappa shape index (κ3) is 8.95. The highest BCUT2D eigenvalue weighted by Gasteiger charge is 2.42. The van der Waals surface area contributed by atoms with Crippen LogP contribution in [0.3, 0.4) is 0 Å². The van der Waals surface area contributed by atoms with Crippen LogP contribution in [0.4, 0.5) is 15.8 Å². The van der Waals surface area contributed by atoms with Crippen molar-refractivity contribution in [1.82, 2.24) is 0 Å². The molecule has 1 aliphatic rings. The minimum absolute atomic E-state index is 0.00801. The molecule has 0 fully saturated rings. The van der Waals surface area contributed by atoms with Crippen molar-refractivity contribution in [2.75, 3.05) is 18.0 Å². The summed E-state index contributed by atoms with van der Waals surface area (Å²) < 4.78 is 14.4. The summed E-state index contributed by atoms with van der Waals surface area (Å²) >= 11 is 0. The first-order valence-corrected chi connectivity index (χ1v) is 17.2. The number of benzene rings is 2. The molecule has 2 aromatic carbocycles. The van der Waals surface area contributed by atoms with Crippen LogP contribution in [0.1, 0.15) is 123 Å². The third-order valence-corrected chi connectivity index (χ3v) is 8.91. The Morgan fingerprint density at radius 1 is 1.05 bits per heavy atom. The molecular formula is C40H59FN3+. The number of hydrogen-bond donors (Lipinski definition) is 1. The fourth-order valence-corrected chi connectivity index (χ4v) is 6.58. The van der Waals surface area contributed by atoms with Gasteiger partial charge in [-0.15, -0.1) is 0 Å². The number of fused-ring (bicyclic) bond motifs is 1. The second kappa shape index (κ2) is 18.0. The minimum atomic E-state index is -0.294. The normalized spacial score (nSPS) is 18.6. The van der Waals surface area contributed by atoms with Crippen LogP contribution >= 0.6 is 0 Å². The molecule has 0 radical (unpaired) electrons. The summed E-state index contributed by atoms with van der Waals surface area (Å²) in [5.74, 6) is -0.194. The molecule has 0 aliphatic carbocycles. The lowest BCUT2D eigenvalue weighted by atomic mass is 9.74. The second-order valence-corrected chi connectivity index (χ2v) is 12.5. The number of nitriles is 1. The minimum Gasteiger partial charge on any atom is -0.344 e. The molecule has 0 amide bonds. The average molecular weight is 601 g/mol. The van der Waals surface area contributed by atoms with Crippen molar-refractivity contribution in [2.45, 2.75) is 125 Å². The Kier molecular flexibility index (Phi) is 15.1. The number of rotatable bonds is 15. The molecule has 0 bridgehead atoms. The number of hydrogen-bond acceptors (Lipinski definition) is 2. The van der Waals surface area contributed by atoms with E-state index in [0.29, 0.717) is 5.57 Å². The topological polar surface area (TPSA) is 43.6 Å². The van der Waals surface area contributed by atoms with Gasteiger partial charge in [-0.05, 0) is 100 Å². The van der Waals surface area contributed by atoms with E-state index in [1.165, 1.54) is 23.2 Å². The van der Waals surface area contributed by atoms with Crippen LogP contribution in [0.5, 0.6) is 0 Å². The molecule has 4 heteroatoms. The van der Waals surface area contributed by atoms with Gasteiger partial charge in [0.1, 0.15) is 11.5 Å². The molecule has 3 rings (SSSR count). The van der Waals surface area contributed by atoms with E-state index in [-0.39, 0.29) is 16.6 Å². The van der Waals surface area contributed by atoms with Crippen molar-refractivity contribution < 1.29 is 9.71 Å². The molecule has 0 saturated carbocycles. The molecule has 2 N–H and O–H groups in total. The van der Waals surface area contributed by atoms with Gasteiger partial charge in [-0.3, -0.25) is 0 Å². The van der Waals surface area contributed by atoms with Crippen molar-refractivity contribution >= 4 is 11.4 Å². The molecule has 1 heterocycles. The van der Waals surface area contributed by atoms with Gasteiger partial charge in [0, 0.05) is 34.3 Å². The van der Waals surface area contributed by atoms with Crippen LogP contribution in [-0.2, 0) is 10.8 Å². The van der Waals surface area contributed by atoms with Gasteiger partial charge < -0.3 is 10.2 Å². The molecule has 1 aliphatic heterocycles. The van der Waals surface area contributed by atoms with E-state index < -0.39 is 0 Å². The SMILES string of the molecule is CC.CCCCC(C)(C/C=C/C(C#N)=C/C=C1/N(CCC)c2ccc(F)cc2C1(C)CCC)c1cc(C)ccc1[NH2+]CCC. The Bertz CT molecular complexity index is 1330. The Hall–Kier alpha value is -3.16. The molecule has 0 spiro atoms. The van der Waals surface area contributed by atoms with Crippen molar-refractivity contribution in [3.05, 3.63) is 94.5 Å². The van der Waals surface area contributed by atoms with Gasteiger partial charge in [-0.1, -0.05) is 85.4 Å². The van der Waals surface area contributed by atoms with E-state index in [9.17, 15) is 9.65 Å². The highest BCUT2D eigenvalue weighted by atomic mass is 19.1. The quantitative estimate of drug-likeness (QED) is 0.126. The molecule has 3 nitrogen and oxygen atoms in total. The Morgan fingerprint density at radius 3 is 2.43 bits per heavy atom. The number of quaternary nitrogens is 1. The fraction of sp³-hybridized carbons (Fsp3) is 0.525. The van der Waals surface area contributed by atoms with Crippen LogP contribution in [0, 0.1) is 24.1 Å². The summed E-state index contributed by atoms with van der Waals surface area (Å²) in [5.41, 5.74) is 7.67. The van der Waals surface area contributed by atoms with Crippen LogP contribution in [0.15, 0.2) is 72.0 Å². The zero-order valence-corrected chi connectivity index (χ0v) is 29.2. The van der Waals surface area contributed by atoms with E-state index >= 15 is 0 Å². The first-order valence-electron chi connectivity index (χ1n) is 17.2. The van der Waals surface area contributed by atoms with E-state index in [1.807, 2.05) is 32.1 Å². The van der Waals surface area contributed by atoms with Gasteiger partial charge in [-0.2, -0.15) is 5.26 Å². The maximum absolute atomic E-state index is 14.4. The maximum Gasteiger partial charge on any atom is 0.133 e. The molecule has 0 aromatic heterocycles. The number of nitrogens with zero attached hydrogens (tertiary/aromatic N) is 2. The largest absolute Gasteiger partial charge is 0.344 e. The van der Waals surface area contributed by atoms with Gasteiger partial charge in [0.15, 0.2) is 0 Å². The number of anilines is 1. The van der Waals surface area contributed by atoms with Gasteiger partial charge in [0.05, 0.1) is 18.2 Å². The summed E-state index contributed by atoms with van der Waals surface area (Å²) in [7, 11) is 0. The Labute approximate surface area is 269 Å². The number of aryl methyl sites for hydroxylation is 1. The monoisotopic (exact) mass is 600 g/mol. The van der Waals surface area contributed by atoms with E-state index in [4.69, 9.17) is 0 Å². The van der Waals surface area contributed by atoms with Crippen LogP contribution in [-0.4, -0.2) is 13.1 Å². The van der Waals surface area contributed by atoms with Crippen molar-refractivity contribution in [3.8, 4) is 6.07 Å². The fourth-order valence-electron chi connectivity index (χ4n) is 6.58. The van der Waals surface area contributed by atoms with Crippen molar-refractivity contribution in [1.29, 1.82) is 5.26 Å². The zero-order valence-electron chi connectivity index (χ0n) is 29.2. The van der Waals surface area contributed by atoms with Gasteiger partial charge >= 0.3 is 0 Å². The summed E-state index contributed by atoms with van der Waals surface area (Å²) in [6.07, 6.45) is 16.6. The lowest BCUT2D eigenvalue weighted by Crippen LogP contribution is -2.78. The van der Waals surface area contributed by atoms with Crippen LogP contribution < -0.4 is 10.2 Å². The third-order valence-electron chi connectivity index (χ3n) is 8.91. The van der Waals surface area contributed by atoms with Crippen LogP contribution in [0.25, 0.3) is 0 Å². The summed E-state index contributed by atoms with van der Waals surface area (Å²) in [6, 6.07) is 14.5. The highest BCUT2D eigenvalue weighted by Crippen LogP contribution is 2.50. The highest BCUT2D eigenvalue weighted by molar-refractivity contribution is 5.71. The molecule has 0 saturated heterocycles. The number of halogens is 1. The zero-order chi connectivity index (χ0) is 32.8. The number of unbranched alkanes of at least 4 members (excludes halogenated alkanes) is 1. The first kappa shape index (κ1) is 37.0. The first-order chi connectivity index (χ1) is 21.2. The lowest BCUT2D eigenvalue weighted by Gasteiger charge is -2.30. The molecule has 2 aromatic rings. The molecular weight excluding hydrogens is 541 g/mol. The van der Waals surface area contributed by atoms with Crippen molar-refractivity contribution in [3.63, 3.8) is 0 Å². The molecule has 2 unspecified atom stereocenters. The molecule has 240 valence electrons.